The van der Waals surface area contributed by atoms with Gasteiger partial charge in [0.15, 0.2) is 0 Å². The van der Waals surface area contributed by atoms with Gasteiger partial charge in [-0.3, -0.25) is 4.98 Å². The molecule has 8 heteroatoms. The minimum Gasteiger partial charge on any atom is -0.495 e. The number of pyridine rings is 1. The molecule has 25 heavy (non-hydrogen) atoms. The van der Waals surface area contributed by atoms with Crippen LogP contribution in [-0.2, 0) is 16.6 Å². The summed E-state index contributed by atoms with van der Waals surface area (Å²) in [4.78, 5) is 4.18. The van der Waals surface area contributed by atoms with Crippen LogP contribution < -0.4 is 9.46 Å². The van der Waals surface area contributed by atoms with E-state index in [1.54, 1.807) is 24.7 Å². The van der Waals surface area contributed by atoms with E-state index in [0.717, 1.165) is 5.56 Å². The maximum absolute atomic E-state index is 12.4. The van der Waals surface area contributed by atoms with E-state index in [1.165, 1.54) is 25.3 Å². The highest BCUT2D eigenvalue weighted by Gasteiger charge is 2.16. The predicted molar refractivity (Wildman–Crippen MR) is 94.0 cm³/mol. The molecule has 0 aliphatic rings. The van der Waals surface area contributed by atoms with Crippen LogP contribution in [0, 0.1) is 0 Å². The van der Waals surface area contributed by atoms with Crippen LogP contribution in [0.5, 0.6) is 5.75 Å². The van der Waals surface area contributed by atoms with Gasteiger partial charge in [0.05, 0.1) is 23.3 Å². The molecule has 0 atom stereocenters. The van der Waals surface area contributed by atoms with E-state index in [0.29, 0.717) is 17.1 Å². The molecule has 3 rings (SSSR count). The predicted octanol–water partition coefficient (Wildman–Crippen LogP) is 3.48. The van der Waals surface area contributed by atoms with Gasteiger partial charge in [0.2, 0.25) is 10.0 Å². The summed E-state index contributed by atoms with van der Waals surface area (Å²) in [6, 6.07) is 9.69. The second kappa shape index (κ2) is 7.26. The molecule has 2 aromatic heterocycles. The number of rotatable bonds is 6. The van der Waals surface area contributed by atoms with Crippen LogP contribution >= 0.6 is 11.6 Å². The number of hydrogen-bond donors (Lipinski definition) is 1. The Kier molecular flexibility index (Phi) is 5.08. The first-order chi connectivity index (χ1) is 12.0. The molecule has 2 heterocycles. The van der Waals surface area contributed by atoms with Crippen molar-refractivity contribution in [2.24, 2.45) is 0 Å². The molecular formula is C17H15ClN2O4S. The third-order valence-electron chi connectivity index (χ3n) is 3.50. The van der Waals surface area contributed by atoms with Gasteiger partial charge in [-0.05, 0) is 42.0 Å². The molecule has 0 amide bonds. The third-order valence-corrected chi connectivity index (χ3v) is 5.19. The van der Waals surface area contributed by atoms with Crippen molar-refractivity contribution in [1.82, 2.24) is 9.71 Å². The fourth-order valence-corrected chi connectivity index (χ4v) is 3.60. The number of benzene rings is 1. The molecule has 0 saturated heterocycles. The Labute approximate surface area is 150 Å². The number of aromatic nitrogens is 1. The molecule has 0 aliphatic carbocycles. The van der Waals surface area contributed by atoms with E-state index in [1.807, 2.05) is 12.1 Å². The molecule has 0 unspecified atom stereocenters. The van der Waals surface area contributed by atoms with Crippen molar-refractivity contribution in [3.8, 4) is 17.1 Å². The topological polar surface area (TPSA) is 81.4 Å². The lowest BCUT2D eigenvalue weighted by atomic mass is 10.2. The summed E-state index contributed by atoms with van der Waals surface area (Å²) >= 11 is 5.99. The molecule has 0 radical (unpaired) electrons. The molecule has 130 valence electrons. The average molecular weight is 379 g/mol. The normalized spacial score (nSPS) is 11.4. The van der Waals surface area contributed by atoms with E-state index in [-0.39, 0.29) is 16.5 Å². The van der Waals surface area contributed by atoms with Crippen molar-refractivity contribution < 1.29 is 17.6 Å². The Balaban J connectivity index is 1.76. The molecule has 6 nitrogen and oxygen atoms in total. The van der Waals surface area contributed by atoms with Crippen LogP contribution in [0.4, 0.5) is 0 Å². The molecule has 1 N–H and O–H groups in total. The monoisotopic (exact) mass is 378 g/mol. The zero-order chi connectivity index (χ0) is 17.9. The largest absolute Gasteiger partial charge is 0.495 e. The van der Waals surface area contributed by atoms with Crippen LogP contribution in [0.2, 0.25) is 5.02 Å². The minimum atomic E-state index is -3.71. The number of hydrogen-bond acceptors (Lipinski definition) is 5. The van der Waals surface area contributed by atoms with Crippen molar-refractivity contribution in [2.45, 2.75) is 11.4 Å². The first-order valence-corrected chi connectivity index (χ1v) is 9.17. The molecule has 0 saturated carbocycles. The van der Waals surface area contributed by atoms with Gasteiger partial charge >= 0.3 is 0 Å². The number of furan rings is 1. The van der Waals surface area contributed by atoms with E-state index in [4.69, 9.17) is 20.8 Å². The minimum absolute atomic E-state index is 0.0634. The zero-order valence-electron chi connectivity index (χ0n) is 13.3. The summed E-state index contributed by atoms with van der Waals surface area (Å²) in [5, 5.41) is 0.229. The average Bonchev–Trinajstić information content (AvgIpc) is 3.15. The fraction of sp³-hybridized carbons (Fsp3) is 0.118. The Hall–Kier alpha value is -2.35. The molecule has 0 aliphatic heterocycles. The first kappa shape index (κ1) is 17.5. The highest BCUT2D eigenvalue weighted by molar-refractivity contribution is 7.89. The fourth-order valence-electron chi connectivity index (χ4n) is 2.24. The van der Waals surface area contributed by atoms with Crippen LogP contribution in [0.25, 0.3) is 11.3 Å². The highest BCUT2D eigenvalue weighted by atomic mass is 35.5. The Bertz CT molecular complexity index is 972. The Morgan fingerprint density at radius 1 is 1.24 bits per heavy atom. The van der Waals surface area contributed by atoms with Gasteiger partial charge in [0.25, 0.3) is 0 Å². The van der Waals surface area contributed by atoms with E-state index < -0.39 is 10.0 Å². The zero-order valence-corrected chi connectivity index (χ0v) is 14.8. The standard InChI is InChI=1S/C17H15ClN2O4S/c1-23-17-5-4-14(8-15(17)18)25(21,22)20-10-12-7-13(11-19-9-12)16-3-2-6-24-16/h2-9,11,20H,10H2,1H3. The van der Waals surface area contributed by atoms with Gasteiger partial charge in [-0.15, -0.1) is 0 Å². The summed E-state index contributed by atoms with van der Waals surface area (Å²) in [5.74, 6) is 1.08. The van der Waals surface area contributed by atoms with Crippen LogP contribution in [0.3, 0.4) is 0 Å². The van der Waals surface area contributed by atoms with E-state index >= 15 is 0 Å². The second-order valence-electron chi connectivity index (χ2n) is 5.18. The lowest BCUT2D eigenvalue weighted by Crippen LogP contribution is -2.23. The molecule has 1 aromatic carbocycles. The molecular weight excluding hydrogens is 364 g/mol. The maximum atomic E-state index is 12.4. The summed E-state index contributed by atoms with van der Waals surface area (Å²) in [5.41, 5.74) is 1.48. The van der Waals surface area contributed by atoms with Crippen molar-refractivity contribution in [3.63, 3.8) is 0 Å². The Morgan fingerprint density at radius 3 is 2.76 bits per heavy atom. The maximum Gasteiger partial charge on any atom is 0.240 e. The van der Waals surface area contributed by atoms with Crippen LogP contribution in [0.15, 0.2) is 64.4 Å². The van der Waals surface area contributed by atoms with Crippen molar-refractivity contribution in [1.29, 1.82) is 0 Å². The number of methoxy groups -OCH3 is 1. The summed E-state index contributed by atoms with van der Waals surface area (Å²) in [7, 11) is -2.25. The van der Waals surface area contributed by atoms with Gasteiger partial charge in [-0.25, -0.2) is 13.1 Å². The number of halogens is 1. The van der Waals surface area contributed by atoms with E-state index in [2.05, 4.69) is 9.71 Å². The number of nitrogens with one attached hydrogen (secondary N) is 1. The first-order valence-electron chi connectivity index (χ1n) is 7.30. The van der Waals surface area contributed by atoms with Gasteiger partial charge in [0.1, 0.15) is 11.5 Å². The van der Waals surface area contributed by atoms with Gasteiger partial charge in [-0.1, -0.05) is 11.6 Å². The van der Waals surface area contributed by atoms with Crippen LogP contribution in [-0.4, -0.2) is 20.5 Å². The van der Waals surface area contributed by atoms with Gasteiger partial charge < -0.3 is 9.15 Å². The lowest BCUT2D eigenvalue weighted by Gasteiger charge is -2.09. The summed E-state index contributed by atoms with van der Waals surface area (Å²) in [6.07, 6.45) is 4.81. The summed E-state index contributed by atoms with van der Waals surface area (Å²) in [6.45, 7) is 0.0908. The SMILES string of the molecule is COc1ccc(S(=O)(=O)NCc2cncc(-c3ccco3)c2)cc1Cl. The molecule has 0 bridgehead atoms. The quantitative estimate of drug-likeness (QED) is 0.710. The second-order valence-corrected chi connectivity index (χ2v) is 7.35. The van der Waals surface area contributed by atoms with Crippen molar-refractivity contribution in [3.05, 3.63) is 65.6 Å². The number of nitrogens with zero attached hydrogens (tertiary/aromatic N) is 1. The van der Waals surface area contributed by atoms with Crippen molar-refractivity contribution >= 4 is 21.6 Å². The molecule has 0 fully saturated rings. The smallest absolute Gasteiger partial charge is 0.240 e. The third kappa shape index (κ3) is 4.01. The van der Waals surface area contributed by atoms with Crippen LogP contribution in [0.1, 0.15) is 5.56 Å². The highest BCUT2D eigenvalue weighted by Crippen LogP contribution is 2.27. The Morgan fingerprint density at radius 2 is 2.08 bits per heavy atom. The van der Waals surface area contributed by atoms with Gasteiger partial charge in [0, 0.05) is 24.5 Å². The van der Waals surface area contributed by atoms with E-state index in [9.17, 15) is 8.42 Å². The lowest BCUT2D eigenvalue weighted by molar-refractivity contribution is 0.414. The number of ether oxygens (including phenoxy) is 1. The number of sulfonamides is 1. The van der Waals surface area contributed by atoms with Crippen molar-refractivity contribution in [2.75, 3.05) is 7.11 Å². The summed E-state index contributed by atoms with van der Waals surface area (Å²) < 4.78 is 37.7. The van der Waals surface area contributed by atoms with Gasteiger partial charge in [-0.2, -0.15) is 0 Å². The molecule has 3 aromatic rings. The molecule has 0 spiro atoms.